The summed E-state index contributed by atoms with van der Waals surface area (Å²) in [5.41, 5.74) is 13.5. The van der Waals surface area contributed by atoms with E-state index in [0.717, 1.165) is 16.8 Å². The Morgan fingerprint density at radius 3 is 2.40 bits per heavy atom. The molecule has 0 aliphatic heterocycles. The average Bonchev–Trinajstić information content (AvgIpc) is 2.98. The number of hydrogen-bond acceptors (Lipinski definition) is 6. The van der Waals surface area contributed by atoms with Crippen LogP contribution >= 0.6 is 0 Å². The van der Waals surface area contributed by atoms with Crippen molar-refractivity contribution in [3.8, 4) is 5.69 Å². The van der Waals surface area contributed by atoms with Gasteiger partial charge in [-0.15, -0.1) is 15.0 Å². The number of benzene rings is 3. The molecule has 4 rings (SSSR count). The number of nitrogens with two attached hydrogens (primary N) is 2. The summed E-state index contributed by atoms with van der Waals surface area (Å²) in [6.45, 7) is 0. The molecule has 5 N–H and O–H groups in total. The second-order valence-electron chi connectivity index (χ2n) is 5.61. The number of hydrogen-bond donors (Lipinski definition) is 3. The third-order valence-corrected chi connectivity index (χ3v) is 4.75. The maximum Gasteiger partial charge on any atom is 0.296 e. The third kappa shape index (κ3) is 2.55. The molecule has 0 saturated heterocycles. The molecule has 0 spiro atoms. The molecule has 0 fully saturated rings. The molecule has 8 nitrogen and oxygen atoms in total. The lowest BCUT2D eigenvalue weighted by atomic mass is 10.1. The second-order valence-corrected chi connectivity index (χ2v) is 7.00. The molecule has 3 aromatic carbocycles. The van der Waals surface area contributed by atoms with Crippen molar-refractivity contribution in [2.75, 3.05) is 11.5 Å². The molecule has 126 valence electrons. The summed E-state index contributed by atoms with van der Waals surface area (Å²) in [4.78, 5) is 0.810. The molecular formula is C16H13N5O3S. The average molecular weight is 355 g/mol. The molecular weight excluding hydrogens is 342 g/mol. The van der Waals surface area contributed by atoms with Gasteiger partial charge in [0.2, 0.25) is 0 Å². The first-order valence-corrected chi connectivity index (χ1v) is 8.70. The van der Waals surface area contributed by atoms with Crippen molar-refractivity contribution >= 4 is 43.3 Å². The summed E-state index contributed by atoms with van der Waals surface area (Å²) in [5.74, 6) is 0. The minimum Gasteiger partial charge on any atom is -0.399 e. The van der Waals surface area contributed by atoms with Gasteiger partial charge in [0.25, 0.3) is 10.1 Å². The fraction of sp³-hybridized carbons (Fsp3) is 0. The van der Waals surface area contributed by atoms with E-state index < -0.39 is 10.1 Å². The quantitative estimate of drug-likeness (QED) is 0.369. The van der Waals surface area contributed by atoms with Gasteiger partial charge in [0, 0.05) is 16.8 Å². The number of aromatic nitrogens is 3. The van der Waals surface area contributed by atoms with Crippen LogP contribution in [0.4, 0.5) is 11.4 Å². The van der Waals surface area contributed by atoms with E-state index in [4.69, 9.17) is 11.5 Å². The zero-order chi connectivity index (χ0) is 17.8. The number of nitrogen functional groups attached to an aromatic ring is 2. The Morgan fingerprint density at radius 1 is 0.920 bits per heavy atom. The van der Waals surface area contributed by atoms with Crippen LogP contribution in [0.15, 0.2) is 53.4 Å². The van der Waals surface area contributed by atoms with E-state index >= 15 is 0 Å². The predicted molar refractivity (Wildman–Crippen MR) is 95.0 cm³/mol. The topological polar surface area (TPSA) is 137 Å². The van der Waals surface area contributed by atoms with E-state index in [1.807, 2.05) is 18.2 Å². The van der Waals surface area contributed by atoms with Crippen LogP contribution in [0.1, 0.15) is 0 Å². The zero-order valence-corrected chi connectivity index (χ0v) is 13.6. The minimum atomic E-state index is -4.49. The van der Waals surface area contributed by atoms with Gasteiger partial charge < -0.3 is 11.5 Å². The molecule has 0 aliphatic rings. The largest absolute Gasteiger partial charge is 0.399 e. The number of fused-ring (bicyclic) bond motifs is 3. The van der Waals surface area contributed by atoms with Crippen LogP contribution in [0.3, 0.4) is 0 Å². The Balaban J connectivity index is 2.02. The van der Waals surface area contributed by atoms with E-state index in [0.29, 0.717) is 16.7 Å². The van der Waals surface area contributed by atoms with Gasteiger partial charge in [-0.3, -0.25) is 4.55 Å². The van der Waals surface area contributed by atoms with Crippen molar-refractivity contribution in [2.24, 2.45) is 0 Å². The molecule has 0 aliphatic carbocycles. The minimum absolute atomic E-state index is 0.108. The first-order valence-electron chi connectivity index (χ1n) is 7.25. The molecule has 9 heteroatoms. The highest BCUT2D eigenvalue weighted by Gasteiger charge is 2.19. The van der Waals surface area contributed by atoms with E-state index in [1.54, 1.807) is 12.1 Å². The molecule has 0 bridgehead atoms. The van der Waals surface area contributed by atoms with Gasteiger partial charge in [0.15, 0.2) is 0 Å². The number of anilines is 2. The van der Waals surface area contributed by atoms with Crippen LogP contribution in [0.25, 0.3) is 27.5 Å². The molecule has 0 radical (unpaired) electrons. The second kappa shape index (κ2) is 5.16. The maximum atomic E-state index is 11.7. The number of rotatable bonds is 2. The lowest BCUT2D eigenvalue weighted by Crippen LogP contribution is -2.08. The predicted octanol–water partition coefficient (Wildman–Crippen LogP) is 1.98. The molecule has 4 aromatic rings. The Hall–Kier alpha value is -3.17. The summed E-state index contributed by atoms with van der Waals surface area (Å²) in [5, 5.41) is 10.4. The first-order chi connectivity index (χ1) is 11.8. The lowest BCUT2D eigenvalue weighted by molar-refractivity contribution is 0.482. The van der Waals surface area contributed by atoms with E-state index in [1.165, 1.54) is 16.9 Å². The molecule has 0 unspecified atom stereocenters. The molecule has 0 amide bonds. The summed E-state index contributed by atoms with van der Waals surface area (Å²) in [6, 6.07) is 13.2. The fourth-order valence-electron chi connectivity index (χ4n) is 2.74. The summed E-state index contributed by atoms with van der Waals surface area (Å²) in [6.07, 6.45) is 0. The highest BCUT2D eigenvalue weighted by molar-refractivity contribution is 7.86. The molecule has 1 heterocycles. The van der Waals surface area contributed by atoms with Gasteiger partial charge in [-0.1, -0.05) is 12.1 Å². The third-order valence-electron chi connectivity index (χ3n) is 3.87. The van der Waals surface area contributed by atoms with Crippen molar-refractivity contribution in [3.63, 3.8) is 0 Å². The summed E-state index contributed by atoms with van der Waals surface area (Å²) in [7, 11) is -4.49. The van der Waals surface area contributed by atoms with Crippen molar-refractivity contribution in [1.82, 2.24) is 15.0 Å². The van der Waals surface area contributed by atoms with Crippen molar-refractivity contribution in [3.05, 3.63) is 48.5 Å². The van der Waals surface area contributed by atoms with Crippen LogP contribution < -0.4 is 11.5 Å². The Bertz CT molecular complexity index is 1250. The van der Waals surface area contributed by atoms with Gasteiger partial charge in [0.05, 0.1) is 0 Å². The van der Waals surface area contributed by atoms with Gasteiger partial charge in [-0.25, -0.2) is 0 Å². The van der Waals surface area contributed by atoms with Crippen LogP contribution in [-0.4, -0.2) is 28.0 Å². The molecule has 0 atom stereocenters. The molecule has 0 saturated carbocycles. The van der Waals surface area contributed by atoms with Crippen LogP contribution in [-0.2, 0) is 10.1 Å². The molecule has 25 heavy (non-hydrogen) atoms. The van der Waals surface area contributed by atoms with Gasteiger partial charge in [0.1, 0.15) is 21.6 Å². The number of nitrogens with zero attached hydrogens (tertiary/aromatic N) is 3. The van der Waals surface area contributed by atoms with E-state index in [-0.39, 0.29) is 16.3 Å². The smallest absolute Gasteiger partial charge is 0.296 e. The summed E-state index contributed by atoms with van der Waals surface area (Å²) >= 11 is 0. The van der Waals surface area contributed by atoms with Crippen molar-refractivity contribution in [1.29, 1.82) is 0 Å². The van der Waals surface area contributed by atoms with Crippen LogP contribution in [0.2, 0.25) is 0 Å². The van der Waals surface area contributed by atoms with Gasteiger partial charge >= 0.3 is 0 Å². The lowest BCUT2D eigenvalue weighted by Gasteiger charge is -2.06. The highest BCUT2D eigenvalue weighted by atomic mass is 32.2. The standard InChI is InChI=1S/C16H13N5O3S/c17-10-2-4-12-9(7-10)1-5-13-16(12)20-21(19-13)14-6-3-11(18)8-15(14)25(22,23)24/h1-8H,17-18H2,(H,22,23,24). The fourth-order valence-corrected chi connectivity index (χ4v) is 3.43. The zero-order valence-electron chi connectivity index (χ0n) is 12.8. The Labute approximate surface area is 142 Å². The van der Waals surface area contributed by atoms with Gasteiger partial charge in [-0.2, -0.15) is 8.42 Å². The monoisotopic (exact) mass is 355 g/mol. The normalized spacial score (nSPS) is 12.0. The maximum absolute atomic E-state index is 11.7. The van der Waals surface area contributed by atoms with Crippen molar-refractivity contribution in [2.45, 2.75) is 4.90 Å². The van der Waals surface area contributed by atoms with Crippen molar-refractivity contribution < 1.29 is 13.0 Å². The van der Waals surface area contributed by atoms with Gasteiger partial charge in [-0.05, 0) is 41.8 Å². The van der Waals surface area contributed by atoms with E-state index in [9.17, 15) is 13.0 Å². The molecule has 1 aromatic heterocycles. The Morgan fingerprint density at radius 2 is 1.64 bits per heavy atom. The Kier molecular flexibility index (Phi) is 3.17. The summed E-state index contributed by atoms with van der Waals surface area (Å²) < 4.78 is 32.8. The van der Waals surface area contributed by atoms with Crippen LogP contribution in [0, 0.1) is 0 Å². The first kappa shape index (κ1) is 15.4. The van der Waals surface area contributed by atoms with E-state index in [2.05, 4.69) is 10.2 Å². The van der Waals surface area contributed by atoms with Crippen LogP contribution in [0.5, 0.6) is 0 Å². The highest BCUT2D eigenvalue weighted by Crippen LogP contribution is 2.27. The SMILES string of the molecule is Nc1ccc(-n2nc3ccc4cc(N)ccc4c3n2)c(S(=O)(=O)O)c1.